The fourth-order valence-corrected chi connectivity index (χ4v) is 1.71. The molecular weight excluding hydrogens is 200 g/mol. The third-order valence-corrected chi connectivity index (χ3v) is 2.71. The largest absolute Gasteiger partial charge is 0.496 e. The van der Waals surface area contributed by atoms with Gasteiger partial charge in [0, 0.05) is 12.1 Å². The molecule has 1 rings (SSSR count). The summed E-state index contributed by atoms with van der Waals surface area (Å²) >= 11 is 0. The third kappa shape index (κ3) is 3.22. The lowest BCUT2D eigenvalue weighted by atomic mass is 9.98. The van der Waals surface area contributed by atoms with Crippen molar-refractivity contribution in [2.75, 3.05) is 27.7 Å². The molecule has 0 aliphatic carbocycles. The molecule has 1 unspecified atom stereocenters. The summed E-state index contributed by atoms with van der Waals surface area (Å²) in [4.78, 5) is 2.13. The van der Waals surface area contributed by atoms with Crippen LogP contribution in [0.15, 0.2) is 18.2 Å². The molecule has 3 nitrogen and oxygen atoms in total. The zero-order valence-electron chi connectivity index (χ0n) is 10.7. The zero-order chi connectivity index (χ0) is 12.1. The van der Waals surface area contributed by atoms with Gasteiger partial charge in [-0.3, -0.25) is 0 Å². The number of hydrogen-bond acceptors (Lipinski definition) is 3. The van der Waals surface area contributed by atoms with Crippen LogP contribution in [0.2, 0.25) is 0 Å². The molecule has 0 spiro atoms. The van der Waals surface area contributed by atoms with Crippen molar-refractivity contribution >= 4 is 0 Å². The Morgan fingerprint density at radius 1 is 1.38 bits per heavy atom. The predicted molar refractivity (Wildman–Crippen MR) is 67.9 cm³/mol. The van der Waals surface area contributed by atoms with Crippen LogP contribution in [0.1, 0.15) is 24.0 Å². The van der Waals surface area contributed by atoms with Gasteiger partial charge in [0.05, 0.1) is 7.11 Å². The number of methoxy groups -OCH3 is 1. The van der Waals surface area contributed by atoms with E-state index in [9.17, 15) is 0 Å². The van der Waals surface area contributed by atoms with Crippen LogP contribution >= 0.6 is 0 Å². The quantitative estimate of drug-likeness (QED) is 0.826. The summed E-state index contributed by atoms with van der Waals surface area (Å²) in [5.41, 5.74) is 8.18. The lowest BCUT2D eigenvalue weighted by Crippen LogP contribution is -2.13. The Hall–Kier alpha value is -1.06. The Bertz CT molecular complexity index is 337. The second kappa shape index (κ2) is 5.87. The van der Waals surface area contributed by atoms with Gasteiger partial charge in [0.1, 0.15) is 5.75 Å². The van der Waals surface area contributed by atoms with Gasteiger partial charge >= 0.3 is 0 Å². The molecule has 0 saturated heterocycles. The Morgan fingerprint density at radius 3 is 2.56 bits per heavy atom. The van der Waals surface area contributed by atoms with E-state index in [2.05, 4.69) is 38.1 Å². The van der Waals surface area contributed by atoms with Gasteiger partial charge in [-0.25, -0.2) is 0 Å². The first kappa shape index (κ1) is 13.0. The van der Waals surface area contributed by atoms with E-state index < -0.39 is 0 Å². The summed E-state index contributed by atoms with van der Waals surface area (Å²) in [6.45, 7) is 3.70. The minimum atomic E-state index is 0.395. The Morgan fingerprint density at radius 2 is 2.06 bits per heavy atom. The van der Waals surface area contributed by atoms with Crippen LogP contribution < -0.4 is 10.5 Å². The minimum absolute atomic E-state index is 0.395. The van der Waals surface area contributed by atoms with Gasteiger partial charge in [-0.05, 0) is 38.2 Å². The molecule has 0 amide bonds. The van der Waals surface area contributed by atoms with Gasteiger partial charge in [-0.2, -0.15) is 0 Å². The van der Waals surface area contributed by atoms with Crippen molar-refractivity contribution in [3.8, 4) is 5.75 Å². The van der Waals surface area contributed by atoms with Crippen LogP contribution in [0.5, 0.6) is 5.75 Å². The van der Waals surface area contributed by atoms with E-state index in [1.54, 1.807) is 7.11 Å². The van der Waals surface area contributed by atoms with Crippen LogP contribution in [-0.2, 0) is 6.54 Å². The van der Waals surface area contributed by atoms with Crippen molar-refractivity contribution in [2.45, 2.75) is 19.4 Å². The van der Waals surface area contributed by atoms with Gasteiger partial charge < -0.3 is 15.4 Å². The van der Waals surface area contributed by atoms with E-state index in [-0.39, 0.29) is 0 Å². The van der Waals surface area contributed by atoms with Crippen LogP contribution in [-0.4, -0.2) is 32.6 Å². The highest BCUT2D eigenvalue weighted by molar-refractivity contribution is 5.38. The molecule has 2 N–H and O–H groups in total. The highest BCUT2D eigenvalue weighted by Crippen LogP contribution is 2.24. The van der Waals surface area contributed by atoms with Gasteiger partial charge in [0.2, 0.25) is 0 Å². The first-order valence-corrected chi connectivity index (χ1v) is 5.60. The second-order valence-electron chi connectivity index (χ2n) is 4.45. The monoisotopic (exact) mass is 222 g/mol. The number of rotatable bonds is 5. The fraction of sp³-hybridized carbons (Fsp3) is 0.538. The van der Waals surface area contributed by atoms with Gasteiger partial charge in [0.15, 0.2) is 0 Å². The zero-order valence-corrected chi connectivity index (χ0v) is 10.7. The van der Waals surface area contributed by atoms with Gasteiger partial charge in [-0.15, -0.1) is 0 Å². The summed E-state index contributed by atoms with van der Waals surface area (Å²) in [6.07, 6.45) is 0. The van der Waals surface area contributed by atoms with Crippen molar-refractivity contribution in [3.63, 3.8) is 0 Å². The second-order valence-corrected chi connectivity index (χ2v) is 4.45. The Balaban J connectivity index is 3.00. The predicted octanol–water partition coefficient (Wildman–Crippen LogP) is 1.82. The molecule has 0 bridgehead atoms. The van der Waals surface area contributed by atoms with Gasteiger partial charge in [0.25, 0.3) is 0 Å². The Labute approximate surface area is 98.2 Å². The summed E-state index contributed by atoms with van der Waals surface area (Å²) in [6, 6.07) is 6.31. The number of nitrogens with two attached hydrogens (primary N) is 1. The van der Waals surface area contributed by atoms with E-state index in [0.717, 1.165) is 12.3 Å². The molecule has 3 heteroatoms. The minimum Gasteiger partial charge on any atom is -0.496 e. The molecule has 1 aromatic carbocycles. The van der Waals surface area contributed by atoms with Crippen LogP contribution in [0.3, 0.4) is 0 Å². The van der Waals surface area contributed by atoms with Crippen LogP contribution in [0, 0.1) is 0 Å². The van der Waals surface area contributed by atoms with Crippen molar-refractivity contribution in [2.24, 2.45) is 5.73 Å². The van der Waals surface area contributed by atoms with Crippen LogP contribution in [0.4, 0.5) is 0 Å². The molecule has 0 aliphatic rings. The normalized spacial score (nSPS) is 12.9. The number of ether oxygens (including phenoxy) is 1. The summed E-state index contributed by atoms with van der Waals surface area (Å²) in [5.74, 6) is 1.34. The molecule has 0 radical (unpaired) electrons. The summed E-state index contributed by atoms with van der Waals surface area (Å²) in [5, 5.41) is 0. The first-order chi connectivity index (χ1) is 7.58. The highest BCUT2D eigenvalue weighted by Gasteiger charge is 2.09. The van der Waals surface area contributed by atoms with Crippen molar-refractivity contribution in [3.05, 3.63) is 29.3 Å². The lowest BCUT2D eigenvalue weighted by molar-refractivity contribution is 0.371. The standard InChI is InChI=1S/C13H22N2O/c1-10(8-14)11-5-6-13(16-4)12(7-11)9-15(2)3/h5-7,10H,8-9,14H2,1-4H3. The molecule has 0 saturated carbocycles. The van der Waals surface area contributed by atoms with Gasteiger partial charge in [-0.1, -0.05) is 19.1 Å². The van der Waals surface area contributed by atoms with E-state index in [1.165, 1.54) is 11.1 Å². The molecule has 0 aliphatic heterocycles. The molecule has 1 atom stereocenters. The molecule has 0 aromatic heterocycles. The van der Waals surface area contributed by atoms with E-state index in [4.69, 9.17) is 10.5 Å². The van der Waals surface area contributed by atoms with E-state index >= 15 is 0 Å². The van der Waals surface area contributed by atoms with Crippen molar-refractivity contribution in [1.29, 1.82) is 0 Å². The molecule has 1 aromatic rings. The van der Waals surface area contributed by atoms with E-state index in [1.807, 2.05) is 6.07 Å². The molecule has 0 fully saturated rings. The topological polar surface area (TPSA) is 38.5 Å². The van der Waals surface area contributed by atoms with Crippen LogP contribution in [0.25, 0.3) is 0 Å². The summed E-state index contributed by atoms with van der Waals surface area (Å²) < 4.78 is 5.36. The highest BCUT2D eigenvalue weighted by atomic mass is 16.5. The molecular formula is C13H22N2O. The maximum absolute atomic E-state index is 5.68. The SMILES string of the molecule is COc1ccc(C(C)CN)cc1CN(C)C. The average Bonchev–Trinajstić information content (AvgIpc) is 2.27. The van der Waals surface area contributed by atoms with Crippen molar-refractivity contribution < 1.29 is 4.74 Å². The number of nitrogens with zero attached hydrogens (tertiary/aromatic N) is 1. The van der Waals surface area contributed by atoms with Crippen molar-refractivity contribution in [1.82, 2.24) is 4.90 Å². The smallest absolute Gasteiger partial charge is 0.123 e. The molecule has 0 heterocycles. The Kier molecular flexibility index (Phi) is 4.77. The number of hydrogen-bond donors (Lipinski definition) is 1. The maximum Gasteiger partial charge on any atom is 0.123 e. The first-order valence-electron chi connectivity index (χ1n) is 5.60. The van der Waals surface area contributed by atoms with E-state index in [0.29, 0.717) is 12.5 Å². The third-order valence-electron chi connectivity index (χ3n) is 2.71. The number of benzene rings is 1. The fourth-order valence-electron chi connectivity index (χ4n) is 1.71. The summed E-state index contributed by atoms with van der Waals surface area (Å²) in [7, 11) is 5.82. The molecule has 90 valence electrons. The molecule has 16 heavy (non-hydrogen) atoms. The lowest BCUT2D eigenvalue weighted by Gasteiger charge is -2.16. The maximum atomic E-state index is 5.68. The average molecular weight is 222 g/mol.